The van der Waals surface area contributed by atoms with Gasteiger partial charge in [-0.1, -0.05) is 0 Å². The van der Waals surface area contributed by atoms with Crippen LogP contribution in [0, 0.1) is 11.6 Å². The minimum atomic E-state index is -1.57. The topological polar surface area (TPSA) is 108 Å². The number of carboxylic acids is 1. The highest BCUT2D eigenvalue weighted by molar-refractivity contribution is 6.03. The van der Waals surface area contributed by atoms with Crippen LogP contribution in [0.15, 0.2) is 18.3 Å². The zero-order chi connectivity index (χ0) is 14.0. The molecule has 0 aliphatic carbocycles. The zero-order valence-corrected chi connectivity index (χ0v) is 9.15. The Morgan fingerprint density at radius 3 is 2.58 bits per heavy atom. The van der Waals surface area contributed by atoms with Gasteiger partial charge in [0.15, 0.2) is 5.69 Å². The molecular weight excluding hydrogens is 262 g/mol. The number of carbonyl (C=O) groups excluding carboxylic acids is 1. The second kappa shape index (κ2) is 4.80. The quantitative estimate of drug-likeness (QED) is 0.770. The number of aromatic amines is 1. The molecule has 0 radical (unpaired) electrons. The Bertz CT molecular complexity index is 642. The highest BCUT2D eigenvalue weighted by Crippen LogP contribution is 2.20. The molecule has 2 aromatic rings. The van der Waals surface area contributed by atoms with Crippen LogP contribution in [0.3, 0.4) is 0 Å². The maximum absolute atomic E-state index is 13.4. The third-order valence-corrected chi connectivity index (χ3v) is 2.18. The third kappa shape index (κ3) is 2.54. The summed E-state index contributed by atoms with van der Waals surface area (Å²) < 4.78 is 26.5. The van der Waals surface area contributed by atoms with Crippen molar-refractivity contribution in [3.8, 4) is 0 Å². The van der Waals surface area contributed by atoms with Crippen LogP contribution in [0.1, 0.15) is 20.8 Å². The van der Waals surface area contributed by atoms with Crippen molar-refractivity contribution in [3.63, 3.8) is 0 Å². The molecule has 19 heavy (non-hydrogen) atoms. The van der Waals surface area contributed by atoms with E-state index in [2.05, 4.69) is 20.7 Å². The number of aromatic nitrogens is 3. The van der Waals surface area contributed by atoms with Crippen molar-refractivity contribution in [2.45, 2.75) is 0 Å². The molecule has 0 aliphatic heterocycles. The summed E-state index contributed by atoms with van der Waals surface area (Å²) in [7, 11) is 0. The summed E-state index contributed by atoms with van der Waals surface area (Å²) in [6.07, 6.45) is 1.09. The lowest BCUT2D eigenvalue weighted by atomic mass is 10.1. The van der Waals surface area contributed by atoms with Crippen LogP contribution in [-0.2, 0) is 0 Å². The Morgan fingerprint density at radius 2 is 2.00 bits per heavy atom. The SMILES string of the molecule is O=C(Nc1cc(C(=O)O)c(F)cc1F)c1cn[nH]n1. The van der Waals surface area contributed by atoms with Crippen LogP contribution < -0.4 is 5.32 Å². The maximum Gasteiger partial charge on any atom is 0.338 e. The van der Waals surface area contributed by atoms with Gasteiger partial charge in [0.2, 0.25) is 0 Å². The predicted molar refractivity (Wildman–Crippen MR) is 57.7 cm³/mol. The number of H-pyrrole nitrogens is 1. The molecule has 0 saturated heterocycles. The number of rotatable bonds is 3. The number of benzene rings is 1. The van der Waals surface area contributed by atoms with Crippen LogP contribution in [0.2, 0.25) is 0 Å². The summed E-state index contributed by atoms with van der Waals surface area (Å²) in [5.41, 5.74) is -1.34. The molecule has 0 atom stereocenters. The highest BCUT2D eigenvalue weighted by Gasteiger charge is 2.17. The van der Waals surface area contributed by atoms with E-state index < -0.39 is 34.8 Å². The first-order valence-corrected chi connectivity index (χ1v) is 4.88. The van der Waals surface area contributed by atoms with E-state index in [0.717, 1.165) is 6.20 Å². The minimum absolute atomic E-state index is 0.124. The largest absolute Gasteiger partial charge is 0.478 e. The Kier molecular flexibility index (Phi) is 3.19. The molecule has 1 aromatic carbocycles. The van der Waals surface area contributed by atoms with E-state index in [1.54, 1.807) is 0 Å². The maximum atomic E-state index is 13.4. The molecule has 0 bridgehead atoms. The molecule has 1 heterocycles. The van der Waals surface area contributed by atoms with E-state index in [-0.39, 0.29) is 5.69 Å². The van der Waals surface area contributed by atoms with Crippen LogP contribution in [-0.4, -0.2) is 32.4 Å². The fraction of sp³-hybridized carbons (Fsp3) is 0. The molecule has 9 heteroatoms. The first-order chi connectivity index (χ1) is 8.99. The molecule has 2 rings (SSSR count). The van der Waals surface area contributed by atoms with Gasteiger partial charge in [0.1, 0.15) is 11.6 Å². The van der Waals surface area contributed by atoms with Crippen LogP contribution >= 0.6 is 0 Å². The summed E-state index contributed by atoms with van der Waals surface area (Å²) in [6.45, 7) is 0. The number of aromatic carboxylic acids is 1. The standard InChI is InChI=1S/C10H6F2N4O3/c11-5-2-6(12)7(1-4(5)10(18)19)14-9(17)8-3-13-16-15-8/h1-3H,(H,14,17)(H,18,19)(H,13,15,16). The molecule has 7 nitrogen and oxygen atoms in total. The van der Waals surface area contributed by atoms with Gasteiger partial charge in [-0.05, 0) is 6.07 Å². The predicted octanol–water partition coefficient (Wildman–Crippen LogP) is 1.03. The molecule has 0 fully saturated rings. The Labute approximate surface area is 104 Å². The lowest BCUT2D eigenvalue weighted by Crippen LogP contribution is -2.15. The lowest BCUT2D eigenvalue weighted by Gasteiger charge is -2.06. The lowest BCUT2D eigenvalue weighted by molar-refractivity contribution is 0.0691. The van der Waals surface area contributed by atoms with Gasteiger partial charge in [-0.15, -0.1) is 0 Å². The minimum Gasteiger partial charge on any atom is -0.478 e. The first kappa shape index (κ1) is 12.6. The smallest absolute Gasteiger partial charge is 0.338 e. The molecule has 0 spiro atoms. The van der Waals surface area contributed by atoms with E-state index in [0.29, 0.717) is 12.1 Å². The highest BCUT2D eigenvalue weighted by atomic mass is 19.1. The van der Waals surface area contributed by atoms with Crippen LogP contribution in [0.5, 0.6) is 0 Å². The number of amides is 1. The summed E-state index contributed by atoms with van der Waals surface area (Å²) in [5.74, 6) is -4.71. The third-order valence-electron chi connectivity index (χ3n) is 2.18. The number of carboxylic acid groups (broad SMARTS) is 1. The second-order valence-corrected chi connectivity index (χ2v) is 3.43. The average molecular weight is 268 g/mol. The van der Waals surface area contributed by atoms with Crippen molar-refractivity contribution in [2.75, 3.05) is 5.32 Å². The van der Waals surface area contributed by atoms with Crippen LogP contribution in [0.25, 0.3) is 0 Å². The zero-order valence-electron chi connectivity index (χ0n) is 9.15. The van der Waals surface area contributed by atoms with E-state index >= 15 is 0 Å². The number of halogens is 2. The summed E-state index contributed by atoms with van der Waals surface area (Å²) in [6, 6.07) is 1.06. The van der Waals surface area contributed by atoms with E-state index in [4.69, 9.17) is 5.11 Å². The fourth-order valence-electron chi connectivity index (χ4n) is 1.31. The summed E-state index contributed by atoms with van der Waals surface area (Å²) in [4.78, 5) is 22.2. The normalized spacial score (nSPS) is 10.2. The molecule has 3 N–H and O–H groups in total. The van der Waals surface area contributed by atoms with Crippen molar-refractivity contribution in [2.24, 2.45) is 0 Å². The molecule has 1 aromatic heterocycles. The molecule has 0 saturated carbocycles. The van der Waals surface area contributed by atoms with Gasteiger partial charge in [0, 0.05) is 6.07 Å². The molecule has 0 unspecified atom stereocenters. The summed E-state index contributed by atoms with van der Waals surface area (Å²) >= 11 is 0. The number of carbonyl (C=O) groups is 2. The molecular formula is C10H6F2N4O3. The van der Waals surface area contributed by atoms with Crippen molar-refractivity contribution >= 4 is 17.6 Å². The average Bonchev–Trinajstić information content (AvgIpc) is 2.85. The van der Waals surface area contributed by atoms with Gasteiger partial charge in [0.05, 0.1) is 17.4 Å². The fourth-order valence-corrected chi connectivity index (χ4v) is 1.31. The number of nitrogens with one attached hydrogen (secondary N) is 2. The first-order valence-electron chi connectivity index (χ1n) is 4.88. The van der Waals surface area contributed by atoms with E-state index in [1.807, 2.05) is 0 Å². The van der Waals surface area contributed by atoms with E-state index in [1.165, 1.54) is 0 Å². The van der Waals surface area contributed by atoms with Gasteiger partial charge >= 0.3 is 5.97 Å². The van der Waals surface area contributed by atoms with Gasteiger partial charge in [-0.3, -0.25) is 4.79 Å². The number of hydrogen-bond donors (Lipinski definition) is 3. The van der Waals surface area contributed by atoms with Gasteiger partial charge in [0.25, 0.3) is 5.91 Å². The molecule has 98 valence electrons. The molecule has 0 aliphatic rings. The second-order valence-electron chi connectivity index (χ2n) is 3.43. The number of nitrogens with zero attached hydrogens (tertiary/aromatic N) is 2. The Balaban J connectivity index is 2.32. The van der Waals surface area contributed by atoms with Gasteiger partial charge in [-0.2, -0.15) is 15.4 Å². The Hall–Kier alpha value is -2.84. The Morgan fingerprint density at radius 1 is 1.26 bits per heavy atom. The van der Waals surface area contributed by atoms with E-state index in [9.17, 15) is 18.4 Å². The van der Waals surface area contributed by atoms with Crippen molar-refractivity contribution < 1.29 is 23.5 Å². The number of anilines is 1. The monoisotopic (exact) mass is 268 g/mol. The summed E-state index contributed by atoms with van der Waals surface area (Å²) in [5, 5.41) is 19.8. The van der Waals surface area contributed by atoms with Gasteiger partial charge in [-0.25, -0.2) is 13.6 Å². The number of hydrogen-bond acceptors (Lipinski definition) is 4. The van der Waals surface area contributed by atoms with Crippen molar-refractivity contribution in [1.29, 1.82) is 0 Å². The van der Waals surface area contributed by atoms with Crippen LogP contribution in [0.4, 0.5) is 14.5 Å². The van der Waals surface area contributed by atoms with Gasteiger partial charge < -0.3 is 10.4 Å². The van der Waals surface area contributed by atoms with Crippen molar-refractivity contribution in [3.05, 3.63) is 41.2 Å². The van der Waals surface area contributed by atoms with Crippen molar-refractivity contribution in [1.82, 2.24) is 15.4 Å². The molecule has 1 amide bonds.